The smallest absolute Gasteiger partial charge is 0.324 e. The molecule has 2 aromatic carbocycles. The van der Waals surface area contributed by atoms with Crippen molar-refractivity contribution in [2.45, 2.75) is 19.8 Å². The summed E-state index contributed by atoms with van der Waals surface area (Å²) in [4.78, 5) is 19.3. The molecule has 1 amide bonds. The third kappa shape index (κ3) is 4.65. The number of ether oxygens (including phenoxy) is 2. The zero-order valence-corrected chi connectivity index (χ0v) is 19.0. The van der Waals surface area contributed by atoms with Gasteiger partial charge in [-0.05, 0) is 55.7 Å². The number of rotatable bonds is 6. The minimum Gasteiger partial charge on any atom is -0.493 e. The molecule has 0 radical (unpaired) electrons. The lowest BCUT2D eigenvalue weighted by Gasteiger charge is -2.29. The van der Waals surface area contributed by atoms with E-state index >= 15 is 0 Å². The van der Waals surface area contributed by atoms with E-state index in [0.29, 0.717) is 54.3 Å². The molecule has 0 unspecified atom stereocenters. The second kappa shape index (κ2) is 9.48. The summed E-state index contributed by atoms with van der Waals surface area (Å²) < 4.78 is 16.1. The molecule has 3 aromatic rings. The minimum atomic E-state index is -0.0853. The molecule has 1 aliphatic rings. The molecule has 0 saturated carbocycles. The molecule has 168 valence electrons. The van der Waals surface area contributed by atoms with Gasteiger partial charge < -0.3 is 24.2 Å². The van der Waals surface area contributed by atoms with Crippen molar-refractivity contribution in [1.82, 2.24) is 10.1 Å². The molecule has 2 heterocycles. The van der Waals surface area contributed by atoms with Crippen molar-refractivity contribution >= 4 is 29.2 Å². The Bertz CT molecular complexity index is 1110. The van der Waals surface area contributed by atoms with Gasteiger partial charge in [0.2, 0.25) is 11.7 Å². The number of carbonyl (C=O) groups excluding carboxylic acids is 1. The third-order valence-corrected chi connectivity index (χ3v) is 5.89. The van der Waals surface area contributed by atoms with E-state index in [4.69, 9.17) is 25.6 Å². The van der Waals surface area contributed by atoms with Crippen molar-refractivity contribution in [2.75, 3.05) is 37.5 Å². The summed E-state index contributed by atoms with van der Waals surface area (Å²) in [6.45, 7) is 3.25. The Labute approximate surface area is 191 Å². The number of aromatic nitrogens is 2. The van der Waals surface area contributed by atoms with Gasteiger partial charge in [-0.3, -0.25) is 4.79 Å². The fourth-order valence-corrected chi connectivity index (χ4v) is 3.91. The van der Waals surface area contributed by atoms with Gasteiger partial charge in [-0.15, -0.1) is 0 Å². The van der Waals surface area contributed by atoms with Crippen molar-refractivity contribution in [2.24, 2.45) is 5.92 Å². The zero-order valence-electron chi connectivity index (χ0n) is 18.2. The number of methoxy groups -OCH3 is 2. The van der Waals surface area contributed by atoms with Crippen LogP contribution in [-0.4, -0.2) is 43.4 Å². The van der Waals surface area contributed by atoms with E-state index in [0.717, 1.165) is 16.8 Å². The average Bonchev–Trinajstić information content (AvgIpc) is 3.31. The molecule has 1 aliphatic heterocycles. The van der Waals surface area contributed by atoms with Crippen molar-refractivity contribution in [1.29, 1.82) is 0 Å². The van der Waals surface area contributed by atoms with Crippen LogP contribution in [0.15, 0.2) is 40.9 Å². The highest BCUT2D eigenvalue weighted by Crippen LogP contribution is 2.32. The van der Waals surface area contributed by atoms with Crippen LogP contribution in [-0.2, 0) is 4.79 Å². The fraction of sp³-hybridized carbons (Fsp3) is 0.348. The van der Waals surface area contributed by atoms with Crippen LogP contribution in [0.25, 0.3) is 11.4 Å². The lowest BCUT2D eigenvalue weighted by Crippen LogP contribution is -2.38. The lowest BCUT2D eigenvalue weighted by atomic mass is 9.96. The lowest BCUT2D eigenvalue weighted by molar-refractivity contribution is -0.120. The number of hydrogen-bond donors (Lipinski definition) is 1. The van der Waals surface area contributed by atoms with Crippen LogP contribution in [0.2, 0.25) is 5.02 Å². The van der Waals surface area contributed by atoms with Crippen LogP contribution in [0, 0.1) is 12.8 Å². The maximum atomic E-state index is 12.7. The SMILES string of the molecule is COc1ccc(-c2noc(N3CCC(C(=O)Nc4cc(Cl)ccc4C)CC3)n2)cc1OC. The largest absolute Gasteiger partial charge is 0.493 e. The molecule has 1 N–H and O–H groups in total. The number of piperidine rings is 1. The van der Waals surface area contributed by atoms with E-state index in [1.165, 1.54) is 0 Å². The Morgan fingerprint density at radius 1 is 1.12 bits per heavy atom. The first-order valence-electron chi connectivity index (χ1n) is 10.4. The standard InChI is InChI=1S/C23H25ClN4O4/c1-14-4-6-17(24)13-18(14)25-22(29)15-8-10-28(11-9-15)23-26-21(27-32-23)16-5-7-19(30-2)20(12-16)31-3/h4-7,12-13,15H,8-11H2,1-3H3,(H,25,29). The van der Waals surface area contributed by atoms with Crippen LogP contribution in [0.3, 0.4) is 0 Å². The molecule has 0 aliphatic carbocycles. The van der Waals surface area contributed by atoms with E-state index in [1.54, 1.807) is 26.4 Å². The maximum Gasteiger partial charge on any atom is 0.324 e. The quantitative estimate of drug-likeness (QED) is 0.581. The van der Waals surface area contributed by atoms with E-state index < -0.39 is 0 Å². The van der Waals surface area contributed by atoms with E-state index in [2.05, 4.69) is 15.5 Å². The van der Waals surface area contributed by atoms with Crippen LogP contribution in [0.5, 0.6) is 11.5 Å². The van der Waals surface area contributed by atoms with Gasteiger partial charge in [0.15, 0.2) is 11.5 Å². The first-order valence-corrected chi connectivity index (χ1v) is 10.7. The van der Waals surface area contributed by atoms with Crippen molar-refractivity contribution in [3.63, 3.8) is 0 Å². The van der Waals surface area contributed by atoms with Gasteiger partial charge in [0.1, 0.15) is 0 Å². The number of halogens is 1. The van der Waals surface area contributed by atoms with Gasteiger partial charge in [0, 0.05) is 35.3 Å². The highest BCUT2D eigenvalue weighted by Gasteiger charge is 2.28. The highest BCUT2D eigenvalue weighted by atomic mass is 35.5. The Morgan fingerprint density at radius 2 is 1.88 bits per heavy atom. The number of nitrogens with zero attached hydrogens (tertiary/aromatic N) is 3. The maximum absolute atomic E-state index is 12.7. The summed E-state index contributed by atoms with van der Waals surface area (Å²) in [5.74, 6) is 1.62. The number of hydrogen-bond acceptors (Lipinski definition) is 7. The summed E-state index contributed by atoms with van der Waals surface area (Å²) in [6.07, 6.45) is 1.39. The predicted octanol–water partition coefficient (Wildman–Crippen LogP) is 4.57. The molecule has 0 atom stereocenters. The van der Waals surface area contributed by atoms with Crippen LogP contribution >= 0.6 is 11.6 Å². The Kier molecular flexibility index (Phi) is 6.50. The summed E-state index contributed by atoms with van der Waals surface area (Å²) >= 11 is 6.06. The van der Waals surface area contributed by atoms with Crippen LogP contribution in [0.1, 0.15) is 18.4 Å². The first-order chi connectivity index (χ1) is 15.5. The number of amides is 1. The zero-order chi connectivity index (χ0) is 22.7. The van der Waals surface area contributed by atoms with Crippen molar-refractivity contribution < 1.29 is 18.8 Å². The normalized spacial score (nSPS) is 14.3. The first kappa shape index (κ1) is 22.0. The fourth-order valence-electron chi connectivity index (χ4n) is 3.73. The van der Waals surface area contributed by atoms with Crippen LogP contribution in [0.4, 0.5) is 11.7 Å². The number of nitrogens with one attached hydrogen (secondary N) is 1. The Hall–Kier alpha value is -3.26. The summed E-state index contributed by atoms with van der Waals surface area (Å²) in [5.41, 5.74) is 2.50. The molecule has 0 spiro atoms. The van der Waals surface area contributed by atoms with Crippen molar-refractivity contribution in [3.05, 3.63) is 47.0 Å². The predicted molar refractivity (Wildman–Crippen MR) is 123 cm³/mol. The van der Waals surface area contributed by atoms with E-state index in [1.807, 2.05) is 36.1 Å². The number of carbonyl (C=O) groups is 1. The van der Waals surface area contributed by atoms with Gasteiger partial charge in [0.05, 0.1) is 14.2 Å². The van der Waals surface area contributed by atoms with E-state index in [9.17, 15) is 4.79 Å². The summed E-state index contributed by atoms with van der Waals surface area (Å²) in [7, 11) is 3.17. The molecule has 32 heavy (non-hydrogen) atoms. The van der Waals surface area contributed by atoms with Gasteiger partial charge in [-0.2, -0.15) is 4.98 Å². The number of anilines is 2. The van der Waals surface area contributed by atoms with Crippen LogP contribution < -0.4 is 19.7 Å². The van der Waals surface area contributed by atoms with E-state index in [-0.39, 0.29) is 11.8 Å². The molecule has 1 aromatic heterocycles. The van der Waals surface area contributed by atoms with Gasteiger partial charge in [-0.1, -0.05) is 22.8 Å². The average molecular weight is 457 g/mol. The third-order valence-electron chi connectivity index (χ3n) is 5.65. The summed E-state index contributed by atoms with van der Waals surface area (Å²) in [6, 6.07) is 11.4. The van der Waals surface area contributed by atoms with Gasteiger partial charge in [-0.25, -0.2) is 0 Å². The molecule has 1 saturated heterocycles. The second-order valence-corrected chi connectivity index (χ2v) is 8.12. The molecule has 0 bridgehead atoms. The molecule has 8 nitrogen and oxygen atoms in total. The molecule has 1 fully saturated rings. The monoisotopic (exact) mass is 456 g/mol. The Morgan fingerprint density at radius 3 is 2.59 bits per heavy atom. The molecule has 4 rings (SSSR count). The number of aryl methyl sites for hydroxylation is 1. The van der Waals surface area contributed by atoms with Crippen molar-refractivity contribution in [3.8, 4) is 22.9 Å². The molecule has 9 heteroatoms. The molecular formula is C23H25ClN4O4. The minimum absolute atomic E-state index is 0.00608. The summed E-state index contributed by atoms with van der Waals surface area (Å²) in [5, 5.41) is 7.71. The Balaban J connectivity index is 1.38. The number of benzene rings is 2. The second-order valence-electron chi connectivity index (χ2n) is 7.68. The topological polar surface area (TPSA) is 89.7 Å². The molecular weight excluding hydrogens is 432 g/mol. The van der Waals surface area contributed by atoms with Gasteiger partial charge >= 0.3 is 6.01 Å². The van der Waals surface area contributed by atoms with Gasteiger partial charge in [0.25, 0.3) is 0 Å². The highest BCUT2D eigenvalue weighted by molar-refractivity contribution is 6.31.